The van der Waals surface area contributed by atoms with E-state index in [9.17, 15) is 9.59 Å². The number of carbonyl (C=O) groups excluding carboxylic acids is 2. The Kier molecular flexibility index (Phi) is 4.85. The highest BCUT2D eigenvalue weighted by Gasteiger charge is 2.37. The van der Waals surface area contributed by atoms with E-state index >= 15 is 0 Å². The van der Waals surface area contributed by atoms with E-state index in [0.717, 1.165) is 0 Å². The van der Waals surface area contributed by atoms with Gasteiger partial charge in [0.25, 0.3) is 0 Å². The molecule has 8 heteroatoms. The zero-order valence-corrected chi connectivity index (χ0v) is 13.6. The first kappa shape index (κ1) is 16.5. The number of likely N-dealkylation sites (tertiary alicyclic amines) is 1. The molecule has 1 aliphatic heterocycles. The van der Waals surface area contributed by atoms with Gasteiger partial charge in [-0.2, -0.15) is 0 Å². The Balaban J connectivity index is 1.75. The van der Waals surface area contributed by atoms with Crippen molar-refractivity contribution in [2.75, 3.05) is 13.1 Å². The van der Waals surface area contributed by atoms with E-state index in [-0.39, 0.29) is 23.5 Å². The fourth-order valence-electron chi connectivity index (χ4n) is 1.90. The molecule has 7 nitrogen and oxygen atoms in total. The van der Waals surface area contributed by atoms with E-state index in [1.807, 2.05) is 0 Å². The molecule has 0 radical (unpaired) electrons. The lowest BCUT2D eigenvalue weighted by Gasteiger charge is -2.38. The fraction of sp³-hybridized carbons (Fsp3) is 0.571. The van der Waals surface area contributed by atoms with E-state index in [4.69, 9.17) is 16.3 Å². The zero-order valence-electron chi connectivity index (χ0n) is 12.8. The van der Waals surface area contributed by atoms with Crippen LogP contribution < -0.4 is 5.32 Å². The topological polar surface area (TPSA) is 84.4 Å². The first-order valence-electron chi connectivity index (χ1n) is 6.97. The number of halogens is 1. The van der Waals surface area contributed by atoms with Crippen molar-refractivity contribution in [3.8, 4) is 0 Å². The third-order valence-electron chi connectivity index (χ3n) is 3.06. The van der Waals surface area contributed by atoms with Crippen molar-refractivity contribution in [2.24, 2.45) is 5.92 Å². The van der Waals surface area contributed by atoms with Crippen molar-refractivity contribution in [3.05, 3.63) is 23.2 Å². The van der Waals surface area contributed by atoms with Crippen LogP contribution in [0.15, 0.2) is 12.4 Å². The van der Waals surface area contributed by atoms with Crippen LogP contribution in [0, 0.1) is 5.92 Å². The lowest BCUT2D eigenvalue weighted by molar-refractivity contribution is -0.129. The van der Waals surface area contributed by atoms with Crippen LogP contribution in [0.4, 0.5) is 4.79 Å². The van der Waals surface area contributed by atoms with Gasteiger partial charge in [-0.3, -0.25) is 9.78 Å². The molecule has 2 amide bonds. The van der Waals surface area contributed by atoms with Gasteiger partial charge in [0.1, 0.15) is 5.60 Å². The molecular formula is C14H19ClN4O3. The standard InChI is InChI=1S/C14H19ClN4O3/c1-14(2,3)22-13(21)19-7-9(8-19)12(20)18-6-10-11(15)17-5-4-16-10/h4-5,9H,6-8H2,1-3H3,(H,18,20). The largest absolute Gasteiger partial charge is 0.444 e. The Morgan fingerprint density at radius 1 is 1.36 bits per heavy atom. The number of carbonyl (C=O) groups is 2. The minimum Gasteiger partial charge on any atom is -0.444 e. The molecule has 120 valence electrons. The molecule has 0 spiro atoms. The predicted octanol–water partition coefficient (Wildman–Crippen LogP) is 1.61. The maximum atomic E-state index is 12.0. The van der Waals surface area contributed by atoms with Crippen LogP contribution in [0.1, 0.15) is 26.5 Å². The quantitative estimate of drug-likeness (QED) is 0.912. The summed E-state index contributed by atoms with van der Waals surface area (Å²) in [4.78, 5) is 33.2. The molecule has 0 unspecified atom stereocenters. The summed E-state index contributed by atoms with van der Waals surface area (Å²) >= 11 is 5.87. The summed E-state index contributed by atoms with van der Waals surface area (Å²) in [5.74, 6) is -0.371. The molecule has 22 heavy (non-hydrogen) atoms. The number of aromatic nitrogens is 2. The van der Waals surface area contributed by atoms with Gasteiger partial charge in [-0.05, 0) is 20.8 Å². The van der Waals surface area contributed by atoms with Gasteiger partial charge in [-0.15, -0.1) is 0 Å². The number of amides is 2. The van der Waals surface area contributed by atoms with E-state index in [0.29, 0.717) is 18.8 Å². The molecular weight excluding hydrogens is 308 g/mol. The van der Waals surface area contributed by atoms with Crippen LogP contribution >= 0.6 is 11.6 Å². The highest BCUT2D eigenvalue weighted by molar-refractivity contribution is 6.29. The van der Waals surface area contributed by atoms with Gasteiger partial charge in [0.2, 0.25) is 5.91 Å². The van der Waals surface area contributed by atoms with E-state index < -0.39 is 11.7 Å². The summed E-state index contributed by atoms with van der Waals surface area (Å²) in [5.41, 5.74) is -0.0199. The Hall–Kier alpha value is -1.89. The molecule has 0 atom stereocenters. The third kappa shape index (κ3) is 4.30. The Labute approximate surface area is 134 Å². The van der Waals surface area contributed by atoms with Crippen molar-refractivity contribution in [1.82, 2.24) is 20.2 Å². The second-order valence-electron chi connectivity index (χ2n) is 6.09. The van der Waals surface area contributed by atoms with E-state index in [1.165, 1.54) is 17.3 Å². The van der Waals surface area contributed by atoms with Crippen LogP contribution in [-0.4, -0.2) is 45.6 Å². The molecule has 2 rings (SSSR count). The normalized spacial score (nSPS) is 15.2. The van der Waals surface area contributed by atoms with Gasteiger partial charge in [-0.1, -0.05) is 11.6 Å². The summed E-state index contributed by atoms with van der Waals surface area (Å²) in [6.45, 7) is 6.34. The van der Waals surface area contributed by atoms with Gasteiger partial charge in [0.05, 0.1) is 18.2 Å². The molecule has 1 aliphatic rings. The first-order chi connectivity index (χ1) is 10.3. The van der Waals surface area contributed by atoms with Gasteiger partial charge in [0, 0.05) is 25.5 Å². The second kappa shape index (κ2) is 6.48. The molecule has 0 saturated carbocycles. The van der Waals surface area contributed by atoms with Crippen molar-refractivity contribution in [2.45, 2.75) is 32.9 Å². The highest BCUT2D eigenvalue weighted by Crippen LogP contribution is 2.20. The molecule has 1 N–H and O–H groups in total. The molecule has 0 bridgehead atoms. The summed E-state index contributed by atoms with van der Waals surface area (Å²) in [6.07, 6.45) is 2.60. The molecule has 0 aromatic carbocycles. The number of nitrogens with zero attached hydrogens (tertiary/aromatic N) is 3. The Bertz CT molecular complexity index is 567. The van der Waals surface area contributed by atoms with Crippen LogP contribution in [0.5, 0.6) is 0 Å². The van der Waals surface area contributed by atoms with Crippen LogP contribution in [0.3, 0.4) is 0 Å². The van der Waals surface area contributed by atoms with Crippen molar-refractivity contribution in [3.63, 3.8) is 0 Å². The van der Waals surface area contributed by atoms with Crippen molar-refractivity contribution < 1.29 is 14.3 Å². The van der Waals surface area contributed by atoms with Crippen molar-refractivity contribution in [1.29, 1.82) is 0 Å². The van der Waals surface area contributed by atoms with Crippen LogP contribution in [-0.2, 0) is 16.1 Å². The predicted molar refractivity (Wildman–Crippen MR) is 80.2 cm³/mol. The van der Waals surface area contributed by atoms with E-state index in [1.54, 1.807) is 20.8 Å². The minimum atomic E-state index is -0.535. The summed E-state index contributed by atoms with van der Waals surface area (Å²) in [6, 6.07) is 0. The third-order valence-corrected chi connectivity index (χ3v) is 3.37. The number of hydrogen-bond donors (Lipinski definition) is 1. The number of ether oxygens (including phenoxy) is 1. The average molecular weight is 327 g/mol. The number of nitrogens with one attached hydrogen (secondary N) is 1. The molecule has 2 heterocycles. The van der Waals surface area contributed by atoms with E-state index in [2.05, 4.69) is 15.3 Å². The van der Waals surface area contributed by atoms with Crippen LogP contribution in [0.2, 0.25) is 5.15 Å². The summed E-state index contributed by atoms with van der Waals surface area (Å²) < 4.78 is 5.23. The summed E-state index contributed by atoms with van der Waals surface area (Å²) in [7, 11) is 0. The Morgan fingerprint density at radius 2 is 2.00 bits per heavy atom. The minimum absolute atomic E-state index is 0.137. The van der Waals surface area contributed by atoms with Crippen molar-refractivity contribution >= 4 is 23.6 Å². The maximum absolute atomic E-state index is 12.0. The molecule has 1 aromatic heterocycles. The lowest BCUT2D eigenvalue weighted by Crippen LogP contribution is -2.56. The lowest BCUT2D eigenvalue weighted by atomic mass is 10.00. The zero-order chi connectivity index (χ0) is 16.3. The van der Waals surface area contributed by atoms with Crippen LogP contribution in [0.25, 0.3) is 0 Å². The number of rotatable bonds is 3. The highest BCUT2D eigenvalue weighted by atomic mass is 35.5. The molecule has 0 aliphatic carbocycles. The average Bonchev–Trinajstić information content (AvgIpc) is 2.33. The fourth-order valence-corrected chi connectivity index (χ4v) is 2.08. The second-order valence-corrected chi connectivity index (χ2v) is 6.45. The monoisotopic (exact) mass is 326 g/mol. The van der Waals surface area contributed by atoms with Gasteiger partial charge < -0.3 is 15.0 Å². The number of hydrogen-bond acceptors (Lipinski definition) is 5. The summed E-state index contributed by atoms with van der Waals surface area (Å²) in [5, 5.41) is 3.01. The SMILES string of the molecule is CC(C)(C)OC(=O)N1CC(C(=O)NCc2nccnc2Cl)C1. The maximum Gasteiger partial charge on any atom is 0.410 e. The molecule has 1 aromatic rings. The van der Waals surface area contributed by atoms with Gasteiger partial charge >= 0.3 is 6.09 Å². The van der Waals surface area contributed by atoms with Gasteiger partial charge in [-0.25, -0.2) is 9.78 Å². The molecule has 1 saturated heterocycles. The first-order valence-corrected chi connectivity index (χ1v) is 7.35. The smallest absolute Gasteiger partial charge is 0.410 e. The molecule has 1 fully saturated rings. The van der Waals surface area contributed by atoms with Gasteiger partial charge in [0.15, 0.2) is 5.15 Å². The Morgan fingerprint density at radius 3 is 2.59 bits per heavy atom.